The second-order valence-corrected chi connectivity index (χ2v) is 12.7. The molecule has 238 valence electrons. The minimum absolute atomic E-state index is 0.108. The summed E-state index contributed by atoms with van der Waals surface area (Å²) in [6, 6.07) is 10.3. The lowest BCUT2D eigenvalue weighted by atomic mass is 9.94. The highest BCUT2D eigenvalue weighted by Crippen LogP contribution is 2.29. The average Bonchev–Trinajstić information content (AvgIpc) is 2.91. The minimum atomic E-state index is -1.00. The first-order chi connectivity index (χ1) is 20.2. The molecule has 0 spiro atoms. The molecule has 0 fully saturated rings. The maximum absolute atomic E-state index is 14.6. The summed E-state index contributed by atoms with van der Waals surface area (Å²) in [6.45, 7) is 15.6. The van der Waals surface area contributed by atoms with Gasteiger partial charge in [-0.3, -0.25) is 9.59 Å². The van der Waals surface area contributed by atoms with Crippen molar-refractivity contribution in [3.05, 3.63) is 64.7 Å². The molecule has 8 heteroatoms. The zero-order valence-corrected chi connectivity index (χ0v) is 27.5. The van der Waals surface area contributed by atoms with E-state index in [9.17, 15) is 19.5 Å². The lowest BCUT2D eigenvalue weighted by molar-refractivity contribution is -0.142. The molecule has 2 unspecified atom stereocenters. The molecule has 0 saturated heterocycles. The average molecular weight is 596 g/mol. The van der Waals surface area contributed by atoms with Gasteiger partial charge < -0.3 is 25.4 Å². The molecule has 0 aliphatic rings. The van der Waals surface area contributed by atoms with Gasteiger partial charge in [-0.2, -0.15) is 0 Å². The van der Waals surface area contributed by atoms with Crippen LogP contribution in [0.15, 0.2) is 42.5 Å². The lowest BCUT2D eigenvalue weighted by Crippen LogP contribution is -2.54. The van der Waals surface area contributed by atoms with Crippen LogP contribution >= 0.6 is 0 Å². The predicted octanol–water partition coefficient (Wildman–Crippen LogP) is 6.90. The van der Waals surface area contributed by atoms with E-state index in [1.54, 1.807) is 49.9 Å². The summed E-state index contributed by atoms with van der Waals surface area (Å²) >= 11 is 0. The molecule has 2 rings (SSSR count). The molecule has 2 aromatic rings. The monoisotopic (exact) mass is 595 g/mol. The number of benzene rings is 2. The van der Waals surface area contributed by atoms with Crippen LogP contribution in [0.4, 0.5) is 4.79 Å². The van der Waals surface area contributed by atoms with Crippen LogP contribution in [-0.4, -0.2) is 52.1 Å². The lowest BCUT2D eigenvalue weighted by Gasteiger charge is -2.36. The molecule has 3 amide bonds. The summed E-state index contributed by atoms with van der Waals surface area (Å²) in [5.74, 6) is -0.516. The van der Waals surface area contributed by atoms with Gasteiger partial charge in [0.05, 0.1) is 0 Å². The number of nitrogens with one attached hydrogen (secondary N) is 2. The van der Waals surface area contributed by atoms with E-state index in [0.29, 0.717) is 6.54 Å². The first-order valence-electron chi connectivity index (χ1n) is 15.7. The Kier molecular flexibility index (Phi) is 14.0. The van der Waals surface area contributed by atoms with Crippen molar-refractivity contribution in [3.8, 4) is 5.75 Å². The normalized spacial score (nSPS) is 12.9. The van der Waals surface area contributed by atoms with E-state index >= 15 is 0 Å². The van der Waals surface area contributed by atoms with E-state index in [0.717, 1.165) is 54.4 Å². The Morgan fingerprint density at radius 3 is 2.14 bits per heavy atom. The number of rotatable bonds is 15. The summed E-state index contributed by atoms with van der Waals surface area (Å²) in [7, 11) is 0. The molecule has 0 heterocycles. The highest BCUT2D eigenvalue weighted by molar-refractivity contribution is 5.92. The molecule has 8 nitrogen and oxygen atoms in total. The van der Waals surface area contributed by atoms with Crippen molar-refractivity contribution in [2.45, 2.75) is 124 Å². The Balaban J connectivity index is 2.58. The standard InChI is InChI=1S/C35H53N3O5/c1-9-10-11-12-13-14-22-38(31(32(40)36-24(2)3)29-17-15-16-25(4)26(29)5)33(41)30(37-34(42)43-35(6,7)8)23-27-18-20-28(39)21-19-27/h15-21,24,30-31,39H,9-14,22-23H2,1-8H3,(H,36,40)(H,37,42). The van der Waals surface area contributed by atoms with E-state index in [2.05, 4.69) is 17.6 Å². The van der Waals surface area contributed by atoms with Crippen LogP contribution in [0.5, 0.6) is 5.75 Å². The van der Waals surface area contributed by atoms with Crippen LogP contribution in [0.2, 0.25) is 0 Å². The molecular formula is C35H53N3O5. The number of amides is 3. The van der Waals surface area contributed by atoms with Crippen molar-refractivity contribution in [3.63, 3.8) is 0 Å². The second kappa shape index (κ2) is 16.9. The molecule has 3 N–H and O–H groups in total. The van der Waals surface area contributed by atoms with E-state index in [-0.39, 0.29) is 30.0 Å². The SMILES string of the molecule is CCCCCCCCN(C(=O)C(Cc1ccc(O)cc1)NC(=O)OC(C)(C)C)C(C(=O)NC(C)C)c1cccc(C)c1C. The van der Waals surface area contributed by atoms with E-state index in [4.69, 9.17) is 4.74 Å². The van der Waals surface area contributed by atoms with Crippen LogP contribution in [0.25, 0.3) is 0 Å². The number of hydrogen-bond acceptors (Lipinski definition) is 5. The van der Waals surface area contributed by atoms with Gasteiger partial charge >= 0.3 is 6.09 Å². The zero-order chi connectivity index (χ0) is 32.2. The molecular weight excluding hydrogens is 542 g/mol. The highest BCUT2D eigenvalue weighted by atomic mass is 16.6. The van der Waals surface area contributed by atoms with Crippen LogP contribution in [-0.2, 0) is 20.7 Å². The molecule has 0 aromatic heterocycles. The number of alkyl carbamates (subject to hydrolysis) is 1. The second-order valence-electron chi connectivity index (χ2n) is 12.7. The van der Waals surface area contributed by atoms with Crippen LogP contribution in [0, 0.1) is 13.8 Å². The number of ether oxygens (including phenoxy) is 1. The zero-order valence-electron chi connectivity index (χ0n) is 27.5. The molecule has 43 heavy (non-hydrogen) atoms. The van der Waals surface area contributed by atoms with E-state index in [1.807, 2.05) is 45.9 Å². The third-order valence-corrected chi connectivity index (χ3v) is 7.33. The van der Waals surface area contributed by atoms with E-state index in [1.165, 1.54) is 6.42 Å². The predicted molar refractivity (Wildman–Crippen MR) is 172 cm³/mol. The first-order valence-corrected chi connectivity index (χ1v) is 15.7. The minimum Gasteiger partial charge on any atom is -0.508 e. The van der Waals surface area contributed by atoms with Crippen molar-refractivity contribution in [1.29, 1.82) is 0 Å². The molecule has 0 bridgehead atoms. The fourth-order valence-electron chi connectivity index (χ4n) is 5.03. The maximum Gasteiger partial charge on any atom is 0.408 e. The topological polar surface area (TPSA) is 108 Å². The first kappa shape index (κ1) is 35.6. The van der Waals surface area contributed by atoms with Crippen molar-refractivity contribution >= 4 is 17.9 Å². The van der Waals surface area contributed by atoms with Crippen molar-refractivity contribution < 1.29 is 24.2 Å². The maximum atomic E-state index is 14.6. The van der Waals surface area contributed by atoms with Crippen LogP contribution < -0.4 is 10.6 Å². The molecule has 0 aliphatic carbocycles. The fourth-order valence-corrected chi connectivity index (χ4v) is 5.03. The van der Waals surface area contributed by atoms with Gasteiger partial charge in [-0.25, -0.2) is 4.79 Å². The molecule has 0 saturated carbocycles. The van der Waals surface area contributed by atoms with Crippen molar-refractivity contribution in [1.82, 2.24) is 15.5 Å². The number of unbranched alkanes of at least 4 members (excludes halogenated alkanes) is 5. The Morgan fingerprint density at radius 1 is 0.907 bits per heavy atom. The number of nitrogens with zero attached hydrogens (tertiary/aromatic N) is 1. The van der Waals surface area contributed by atoms with Gasteiger partial charge in [-0.1, -0.05) is 69.4 Å². The van der Waals surface area contributed by atoms with Gasteiger partial charge in [0.1, 0.15) is 23.4 Å². The largest absolute Gasteiger partial charge is 0.508 e. The Labute approximate surface area is 258 Å². The highest BCUT2D eigenvalue weighted by Gasteiger charge is 2.37. The van der Waals surface area contributed by atoms with Gasteiger partial charge in [-0.05, 0) is 89.3 Å². The molecule has 2 aromatic carbocycles. The molecule has 0 aliphatic heterocycles. The van der Waals surface area contributed by atoms with Crippen LogP contribution in [0.3, 0.4) is 0 Å². The van der Waals surface area contributed by atoms with Gasteiger partial charge in [0.25, 0.3) is 0 Å². The van der Waals surface area contributed by atoms with Crippen molar-refractivity contribution in [2.24, 2.45) is 0 Å². The third-order valence-electron chi connectivity index (χ3n) is 7.33. The molecule has 0 radical (unpaired) electrons. The number of hydrogen-bond donors (Lipinski definition) is 3. The number of phenolic OH excluding ortho intramolecular Hbond substituents is 1. The number of phenols is 1. The Morgan fingerprint density at radius 2 is 1.53 bits per heavy atom. The Bertz CT molecular complexity index is 1190. The van der Waals surface area contributed by atoms with Crippen LogP contribution in [0.1, 0.15) is 108 Å². The number of aromatic hydroxyl groups is 1. The number of carbonyl (C=O) groups is 3. The summed E-state index contributed by atoms with van der Waals surface area (Å²) < 4.78 is 5.53. The quantitative estimate of drug-likeness (QED) is 0.194. The number of aryl methyl sites for hydroxylation is 1. The van der Waals surface area contributed by atoms with Gasteiger partial charge in [0.2, 0.25) is 11.8 Å². The Hall–Kier alpha value is -3.55. The van der Waals surface area contributed by atoms with Gasteiger partial charge in [0.15, 0.2) is 0 Å². The number of carbonyl (C=O) groups excluding carboxylic acids is 3. The van der Waals surface area contributed by atoms with Gasteiger partial charge in [-0.15, -0.1) is 0 Å². The molecule has 2 atom stereocenters. The summed E-state index contributed by atoms with van der Waals surface area (Å²) in [6.07, 6.45) is 5.60. The van der Waals surface area contributed by atoms with Gasteiger partial charge in [0, 0.05) is 19.0 Å². The summed E-state index contributed by atoms with van der Waals surface area (Å²) in [5.41, 5.74) is 2.73. The summed E-state index contributed by atoms with van der Waals surface area (Å²) in [5, 5.41) is 15.6. The van der Waals surface area contributed by atoms with E-state index < -0.39 is 23.8 Å². The van der Waals surface area contributed by atoms with Crippen molar-refractivity contribution in [2.75, 3.05) is 6.54 Å². The smallest absolute Gasteiger partial charge is 0.408 e. The third kappa shape index (κ3) is 11.9. The summed E-state index contributed by atoms with van der Waals surface area (Å²) in [4.78, 5) is 43.2. The fraction of sp³-hybridized carbons (Fsp3) is 0.571.